The molecule has 0 bridgehead atoms. The largest absolute Gasteiger partial charge is 0.496 e. The van der Waals surface area contributed by atoms with E-state index in [-0.39, 0.29) is 11.8 Å². The lowest BCUT2D eigenvalue weighted by Crippen LogP contribution is -2.37. The maximum absolute atomic E-state index is 12.9. The number of carbonyl (C=O) groups is 2. The van der Waals surface area contributed by atoms with E-state index < -0.39 is 0 Å². The number of benzene rings is 1. The lowest BCUT2D eigenvalue weighted by atomic mass is 10.1. The molecule has 2 amide bonds. The molecule has 1 saturated heterocycles. The minimum absolute atomic E-state index is 0.00746. The van der Waals surface area contributed by atoms with Gasteiger partial charge in [0.15, 0.2) is 0 Å². The molecule has 0 unspecified atom stereocenters. The zero-order chi connectivity index (χ0) is 17.5. The quantitative estimate of drug-likeness (QED) is 0.833. The molecule has 5 heteroatoms. The molecular weight excluding hydrogens is 304 g/mol. The van der Waals surface area contributed by atoms with E-state index in [4.69, 9.17) is 4.74 Å². The summed E-state index contributed by atoms with van der Waals surface area (Å²) in [5, 5.41) is 0. The van der Waals surface area contributed by atoms with Crippen LogP contribution in [-0.4, -0.2) is 54.9 Å². The van der Waals surface area contributed by atoms with Crippen LogP contribution in [-0.2, 0) is 11.2 Å². The molecule has 2 rings (SSSR count). The highest BCUT2D eigenvalue weighted by molar-refractivity contribution is 5.97. The molecule has 132 valence electrons. The molecule has 1 aromatic rings. The monoisotopic (exact) mass is 332 g/mol. The van der Waals surface area contributed by atoms with Gasteiger partial charge in [0, 0.05) is 32.6 Å². The van der Waals surface area contributed by atoms with Crippen molar-refractivity contribution in [1.82, 2.24) is 9.80 Å². The van der Waals surface area contributed by atoms with Crippen LogP contribution in [0.15, 0.2) is 18.2 Å². The first-order valence-electron chi connectivity index (χ1n) is 8.84. The molecule has 0 aliphatic carbocycles. The van der Waals surface area contributed by atoms with Crippen LogP contribution >= 0.6 is 0 Å². The van der Waals surface area contributed by atoms with Gasteiger partial charge in [-0.05, 0) is 37.0 Å². The SMILES string of the molecule is CCCC(=O)N1CCCN(C(=O)c2cc(CC)ccc2OC)CC1. The van der Waals surface area contributed by atoms with Gasteiger partial charge in [-0.15, -0.1) is 0 Å². The summed E-state index contributed by atoms with van der Waals surface area (Å²) in [6.07, 6.45) is 3.14. The molecule has 5 nitrogen and oxygen atoms in total. The highest BCUT2D eigenvalue weighted by Gasteiger charge is 2.24. The van der Waals surface area contributed by atoms with E-state index >= 15 is 0 Å². The first-order valence-corrected chi connectivity index (χ1v) is 8.84. The molecule has 0 radical (unpaired) electrons. The number of amides is 2. The molecule has 0 N–H and O–H groups in total. The Morgan fingerprint density at radius 3 is 2.46 bits per heavy atom. The first kappa shape index (κ1) is 18.3. The number of carbonyl (C=O) groups excluding carboxylic acids is 2. The minimum Gasteiger partial charge on any atom is -0.496 e. The summed E-state index contributed by atoms with van der Waals surface area (Å²) < 4.78 is 5.37. The van der Waals surface area contributed by atoms with Crippen molar-refractivity contribution in [2.75, 3.05) is 33.3 Å². The number of ether oxygens (including phenoxy) is 1. The fourth-order valence-corrected chi connectivity index (χ4v) is 3.05. The van der Waals surface area contributed by atoms with Crippen molar-refractivity contribution in [2.24, 2.45) is 0 Å². The number of rotatable bonds is 5. The molecule has 1 aliphatic rings. The lowest BCUT2D eigenvalue weighted by molar-refractivity contribution is -0.131. The van der Waals surface area contributed by atoms with Crippen LogP contribution in [0.25, 0.3) is 0 Å². The maximum atomic E-state index is 12.9. The summed E-state index contributed by atoms with van der Waals surface area (Å²) in [4.78, 5) is 28.8. The fraction of sp³-hybridized carbons (Fsp3) is 0.579. The van der Waals surface area contributed by atoms with Gasteiger partial charge in [0.2, 0.25) is 5.91 Å². The molecule has 0 atom stereocenters. The molecule has 24 heavy (non-hydrogen) atoms. The van der Waals surface area contributed by atoms with E-state index in [1.807, 2.05) is 34.9 Å². The molecule has 1 heterocycles. The van der Waals surface area contributed by atoms with Gasteiger partial charge >= 0.3 is 0 Å². The predicted octanol–water partition coefficient (Wildman–Crippen LogP) is 2.73. The van der Waals surface area contributed by atoms with Gasteiger partial charge in [-0.3, -0.25) is 9.59 Å². The number of aryl methyl sites for hydroxylation is 1. The molecule has 0 saturated carbocycles. The third kappa shape index (κ3) is 4.28. The van der Waals surface area contributed by atoms with Gasteiger partial charge in [0.25, 0.3) is 5.91 Å². The van der Waals surface area contributed by atoms with E-state index in [1.165, 1.54) is 0 Å². The van der Waals surface area contributed by atoms with Crippen molar-refractivity contribution in [2.45, 2.75) is 39.5 Å². The van der Waals surface area contributed by atoms with Crippen LogP contribution in [0.1, 0.15) is 49.0 Å². The third-order valence-electron chi connectivity index (χ3n) is 4.50. The predicted molar refractivity (Wildman–Crippen MR) is 94.4 cm³/mol. The summed E-state index contributed by atoms with van der Waals surface area (Å²) in [7, 11) is 1.59. The molecule has 1 aromatic carbocycles. The lowest BCUT2D eigenvalue weighted by Gasteiger charge is -2.23. The highest BCUT2D eigenvalue weighted by Crippen LogP contribution is 2.23. The molecular formula is C19H28N2O3. The summed E-state index contributed by atoms with van der Waals surface area (Å²) in [6, 6.07) is 5.77. The van der Waals surface area contributed by atoms with E-state index in [9.17, 15) is 9.59 Å². The number of hydrogen-bond donors (Lipinski definition) is 0. The zero-order valence-corrected chi connectivity index (χ0v) is 15.0. The smallest absolute Gasteiger partial charge is 0.257 e. The van der Waals surface area contributed by atoms with Crippen LogP contribution < -0.4 is 4.74 Å². The summed E-state index contributed by atoms with van der Waals surface area (Å²) in [5.41, 5.74) is 1.74. The van der Waals surface area contributed by atoms with Gasteiger partial charge in [-0.2, -0.15) is 0 Å². The van der Waals surface area contributed by atoms with Crippen LogP contribution in [0.3, 0.4) is 0 Å². The second-order valence-electron chi connectivity index (χ2n) is 6.16. The van der Waals surface area contributed by atoms with Crippen molar-refractivity contribution in [1.29, 1.82) is 0 Å². The molecule has 1 fully saturated rings. The summed E-state index contributed by atoms with van der Waals surface area (Å²) >= 11 is 0. The van der Waals surface area contributed by atoms with Crippen molar-refractivity contribution < 1.29 is 14.3 Å². The zero-order valence-electron chi connectivity index (χ0n) is 15.0. The Morgan fingerprint density at radius 1 is 1.08 bits per heavy atom. The number of hydrogen-bond acceptors (Lipinski definition) is 3. The first-order chi connectivity index (χ1) is 11.6. The second-order valence-corrected chi connectivity index (χ2v) is 6.16. The van der Waals surface area contributed by atoms with Crippen LogP contribution in [0, 0.1) is 0 Å². The van der Waals surface area contributed by atoms with Crippen molar-refractivity contribution >= 4 is 11.8 Å². The van der Waals surface area contributed by atoms with Crippen molar-refractivity contribution in [3.05, 3.63) is 29.3 Å². The van der Waals surface area contributed by atoms with E-state index in [0.717, 1.165) is 31.4 Å². The third-order valence-corrected chi connectivity index (χ3v) is 4.50. The maximum Gasteiger partial charge on any atom is 0.257 e. The van der Waals surface area contributed by atoms with E-state index in [0.29, 0.717) is 37.4 Å². The average molecular weight is 332 g/mol. The van der Waals surface area contributed by atoms with Gasteiger partial charge in [0.1, 0.15) is 5.75 Å². The van der Waals surface area contributed by atoms with Crippen molar-refractivity contribution in [3.63, 3.8) is 0 Å². The Labute approximate surface area is 144 Å². The average Bonchev–Trinajstić information content (AvgIpc) is 2.87. The van der Waals surface area contributed by atoms with E-state index in [2.05, 4.69) is 6.92 Å². The van der Waals surface area contributed by atoms with Crippen LogP contribution in [0.2, 0.25) is 0 Å². The van der Waals surface area contributed by atoms with Gasteiger partial charge < -0.3 is 14.5 Å². The highest BCUT2D eigenvalue weighted by atomic mass is 16.5. The number of nitrogens with zero attached hydrogens (tertiary/aromatic N) is 2. The van der Waals surface area contributed by atoms with E-state index in [1.54, 1.807) is 7.11 Å². The Morgan fingerprint density at radius 2 is 1.79 bits per heavy atom. The second kappa shape index (κ2) is 8.71. The number of methoxy groups -OCH3 is 1. The molecule has 1 aliphatic heterocycles. The van der Waals surface area contributed by atoms with Gasteiger partial charge in [-0.1, -0.05) is 19.9 Å². The normalized spacial score (nSPS) is 15.1. The topological polar surface area (TPSA) is 49.9 Å². The Hall–Kier alpha value is -2.04. The minimum atomic E-state index is -0.00746. The Kier molecular flexibility index (Phi) is 6.64. The fourth-order valence-electron chi connectivity index (χ4n) is 3.05. The van der Waals surface area contributed by atoms with Gasteiger partial charge in [-0.25, -0.2) is 0 Å². The van der Waals surface area contributed by atoms with Gasteiger partial charge in [0.05, 0.1) is 12.7 Å². The summed E-state index contributed by atoms with van der Waals surface area (Å²) in [5.74, 6) is 0.796. The van der Waals surface area contributed by atoms with Crippen molar-refractivity contribution in [3.8, 4) is 5.75 Å². The molecule has 0 spiro atoms. The standard InChI is InChI=1S/C19H28N2O3/c1-4-7-18(22)20-10-6-11-21(13-12-20)19(23)16-14-15(5-2)8-9-17(16)24-3/h8-9,14H,4-7,10-13H2,1-3H3. The Balaban J connectivity index is 2.11. The molecule has 0 aromatic heterocycles. The van der Waals surface area contributed by atoms with Crippen LogP contribution in [0.4, 0.5) is 0 Å². The summed E-state index contributed by atoms with van der Waals surface area (Å²) in [6.45, 7) is 6.68. The Bertz CT molecular complexity index is 586. The van der Waals surface area contributed by atoms with Crippen LogP contribution in [0.5, 0.6) is 5.75 Å².